The Morgan fingerprint density at radius 2 is 2.16 bits per heavy atom. The number of hydrogen-bond acceptors (Lipinski definition) is 3. The molecule has 0 radical (unpaired) electrons. The van der Waals surface area contributed by atoms with Gasteiger partial charge in [-0.05, 0) is 18.9 Å². The van der Waals surface area contributed by atoms with Crippen molar-refractivity contribution in [3.05, 3.63) is 36.8 Å². The first kappa shape index (κ1) is 10.9. The molecule has 0 bridgehead atoms. The molecule has 1 saturated heterocycles. The molecular weight excluding hydrogens is 238 g/mol. The molecule has 2 aromatic heterocycles. The molecule has 0 saturated carbocycles. The lowest BCUT2D eigenvalue weighted by Crippen LogP contribution is -2.14. The molecule has 0 N–H and O–H groups in total. The number of nitrogens with zero attached hydrogens (tertiary/aromatic N) is 3. The first-order valence-corrected chi connectivity index (χ1v) is 6.72. The van der Waals surface area contributed by atoms with Crippen LogP contribution in [0.3, 0.4) is 0 Å². The van der Waals surface area contributed by atoms with Crippen molar-refractivity contribution in [2.24, 2.45) is 0 Å². The number of para-hydroxylation sites is 1. The lowest BCUT2D eigenvalue weighted by Gasteiger charge is -2.11. The van der Waals surface area contributed by atoms with E-state index in [1.807, 2.05) is 30.7 Å². The molecule has 0 amide bonds. The van der Waals surface area contributed by atoms with Crippen LogP contribution in [0.25, 0.3) is 21.9 Å². The quantitative estimate of drug-likeness (QED) is 0.705. The average molecular weight is 253 g/mol. The lowest BCUT2D eigenvalue weighted by atomic mass is 10.2. The number of fused-ring (bicyclic) bond motifs is 3. The highest BCUT2D eigenvalue weighted by atomic mass is 16.5. The average Bonchev–Trinajstić information content (AvgIpc) is 3.09. The van der Waals surface area contributed by atoms with Crippen molar-refractivity contribution in [3.63, 3.8) is 0 Å². The molecule has 19 heavy (non-hydrogen) atoms. The van der Waals surface area contributed by atoms with Gasteiger partial charge in [0.15, 0.2) is 0 Å². The minimum atomic E-state index is 0.323. The molecule has 1 aliphatic rings. The van der Waals surface area contributed by atoms with Gasteiger partial charge in [-0.1, -0.05) is 18.2 Å². The van der Waals surface area contributed by atoms with Gasteiger partial charge in [0.1, 0.15) is 5.52 Å². The summed E-state index contributed by atoms with van der Waals surface area (Å²) in [6, 6.07) is 8.21. The van der Waals surface area contributed by atoms with E-state index in [-0.39, 0.29) is 0 Å². The Kier molecular flexibility index (Phi) is 2.48. The largest absolute Gasteiger partial charge is 0.376 e. The molecule has 1 fully saturated rings. The Balaban J connectivity index is 1.88. The molecule has 4 nitrogen and oxygen atoms in total. The highest BCUT2D eigenvalue weighted by Gasteiger charge is 2.17. The van der Waals surface area contributed by atoms with Gasteiger partial charge in [-0.3, -0.25) is 4.98 Å². The van der Waals surface area contributed by atoms with Crippen LogP contribution in [0.2, 0.25) is 0 Å². The molecule has 96 valence electrons. The summed E-state index contributed by atoms with van der Waals surface area (Å²) in [6.07, 6.45) is 6.39. The van der Waals surface area contributed by atoms with E-state index in [1.54, 1.807) is 0 Å². The van der Waals surface area contributed by atoms with Crippen molar-refractivity contribution < 1.29 is 4.74 Å². The zero-order valence-electron chi connectivity index (χ0n) is 10.6. The molecule has 1 aliphatic heterocycles. The number of hydrogen-bond donors (Lipinski definition) is 0. The van der Waals surface area contributed by atoms with Gasteiger partial charge in [-0.2, -0.15) is 0 Å². The number of ether oxygens (including phenoxy) is 1. The maximum Gasteiger partial charge on any atom is 0.107 e. The Hall–Kier alpha value is -1.94. The summed E-state index contributed by atoms with van der Waals surface area (Å²) in [5, 5.41) is 1.16. The highest BCUT2D eigenvalue weighted by molar-refractivity contribution is 6.01. The second-order valence-electron chi connectivity index (χ2n) is 5.04. The molecule has 4 heteroatoms. The molecule has 1 atom stereocenters. The van der Waals surface area contributed by atoms with Gasteiger partial charge >= 0.3 is 0 Å². The van der Waals surface area contributed by atoms with Gasteiger partial charge in [0.25, 0.3) is 0 Å². The first-order chi connectivity index (χ1) is 9.42. The van der Waals surface area contributed by atoms with Crippen LogP contribution in [0.4, 0.5) is 0 Å². The standard InChI is InChI=1S/C15H15N3O/c1-2-6-13-12(5-1)15-14(8-16-13)17-10-18(15)9-11-4-3-7-19-11/h1-2,5-6,8,10-11H,3-4,7,9H2/t11-/m0/s1. The summed E-state index contributed by atoms with van der Waals surface area (Å²) in [7, 11) is 0. The van der Waals surface area contributed by atoms with Crippen LogP contribution in [-0.2, 0) is 11.3 Å². The van der Waals surface area contributed by atoms with E-state index in [9.17, 15) is 0 Å². The molecule has 3 heterocycles. The number of aromatic nitrogens is 3. The van der Waals surface area contributed by atoms with Gasteiger partial charge in [-0.15, -0.1) is 0 Å². The molecule has 0 unspecified atom stereocenters. The smallest absolute Gasteiger partial charge is 0.107 e. The minimum Gasteiger partial charge on any atom is -0.376 e. The fourth-order valence-electron chi connectivity index (χ4n) is 2.85. The SMILES string of the molecule is c1ccc2c(c1)ncc1ncn(C[C@@H]3CCCO3)c12. The highest BCUT2D eigenvalue weighted by Crippen LogP contribution is 2.24. The van der Waals surface area contributed by atoms with E-state index in [1.165, 1.54) is 11.9 Å². The van der Waals surface area contributed by atoms with Crippen LogP contribution in [-0.4, -0.2) is 27.2 Å². The Labute approximate surface area is 111 Å². The van der Waals surface area contributed by atoms with Crippen molar-refractivity contribution in [1.82, 2.24) is 14.5 Å². The van der Waals surface area contributed by atoms with Crippen molar-refractivity contribution in [2.45, 2.75) is 25.5 Å². The molecule has 0 spiro atoms. The third-order valence-electron chi connectivity index (χ3n) is 3.78. The van der Waals surface area contributed by atoms with Crippen LogP contribution >= 0.6 is 0 Å². The maximum atomic E-state index is 5.72. The predicted molar refractivity (Wildman–Crippen MR) is 74.0 cm³/mol. The number of rotatable bonds is 2. The van der Waals surface area contributed by atoms with Crippen LogP contribution in [0.5, 0.6) is 0 Å². The van der Waals surface area contributed by atoms with Gasteiger partial charge in [0, 0.05) is 12.0 Å². The zero-order valence-corrected chi connectivity index (χ0v) is 10.6. The van der Waals surface area contributed by atoms with E-state index in [0.29, 0.717) is 6.10 Å². The van der Waals surface area contributed by atoms with E-state index in [2.05, 4.69) is 20.6 Å². The van der Waals surface area contributed by atoms with E-state index < -0.39 is 0 Å². The summed E-state index contributed by atoms with van der Waals surface area (Å²) in [6.45, 7) is 1.77. The normalized spacial score (nSPS) is 19.5. The van der Waals surface area contributed by atoms with Gasteiger partial charge in [0.05, 0.1) is 36.2 Å². The Morgan fingerprint density at radius 3 is 3.05 bits per heavy atom. The number of pyridine rings is 1. The summed E-state index contributed by atoms with van der Waals surface area (Å²) < 4.78 is 7.93. The second kappa shape index (κ2) is 4.31. The van der Waals surface area contributed by atoms with Gasteiger partial charge in [0.2, 0.25) is 0 Å². The Bertz CT molecular complexity index is 728. The van der Waals surface area contributed by atoms with Crippen LogP contribution in [0.15, 0.2) is 36.8 Å². The van der Waals surface area contributed by atoms with Crippen LogP contribution < -0.4 is 0 Å². The van der Waals surface area contributed by atoms with Crippen molar-refractivity contribution in [2.75, 3.05) is 6.61 Å². The third kappa shape index (κ3) is 1.79. The first-order valence-electron chi connectivity index (χ1n) is 6.72. The molecular formula is C15H15N3O. The lowest BCUT2D eigenvalue weighted by molar-refractivity contribution is 0.0979. The van der Waals surface area contributed by atoms with E-state index in [0.717, 1.165) is 36.0 Å². The molecule has 3 aromatic rings. The number of imidazole rings is 1. The Morgan fingerprint density at radius 1 is 1.21 bits per heavy atom. The van der Waals surface area contributed by atoms with E-state index in [4.69, 9.17) is 4.74 Å². The second-order valence-corrected chi connectivity index (χ2v) is 5.04. The fourth-order valence-corrected chi connectivity index (χ4v) is 2.85. The summed E-state index contributed by atoms with van der Waals surface area (Å²) in [5.74, 6) is 0. The van der Waals surface area contributed by atoms with Crippen molar-refractivity contribution >= 4 is 21.9 Å². The topological polar surface area (TPSA) is 39.9 Å². The fraction of sp³-hybridized carbons (Fsp3) is 0.333. The van der Waals surface area contributed by atoms with Gasteiger partial charge in [-0.25, -0.2) is 4.98 Å². The summed E-state index contributed by atoms with van der Waals surface area (Å²) >= 11 is 0. The van der Waals surface area contributed by atoms with Crippen LogP contribution in [0, 0.1) is 0 Å². The minimum absolute atomic E-state index is 0.323. The van der Waals surface area contributed by atoms with Crippen molar-refractivity contribution in [3.8, 4) is 0 Å². The summed E-state index contributed by atoms with van der Waals surface area (Å²) in [4.78, 5) is 8.90. The van der Waals surface area contributed by atoms with Gasteiger partial charge < -0.3 is 9.30 Å². The number of benzene rings is 1. The third-order valence-corrected chi connectivity index (χ3v) is 3.78. The summed E-state index contributed by atoms with van der Waals surface area (Å²) in [5.41, 5.74) is 3.14. The van der Waals surface area contributed by atoms with Crippen LogP contribution in [0.1, 0.15) is 12.8 Å². The van der Waals surface area contributed by atoms with E-state index >= 15 is 0 Å². The maximum absolute atomic E-state index is 5.72. The molecule has 4 rings (SSSR count). The molecule has 1 aromatic carbocycles. The monoisotopic (exact) mass is 253 g/mol. The predicted octanol–water partition coefficient (Wildman–Crippen LogP) is 2.76. The molecule has 0 aliphatic carbocycles. The zero-order chi connectivity index (χ0) is 12.7. The van der Waals surface area contributed by atoms with Crippen molar-refractivity contribution in [1.29, 1.82) is 0 Å².